The molecule has 0 amide bonds. The first-order valence-electron chi connectivity index (χ1n) is 6.04. The molecule has 0 spiro atoms. The lowest BCUT2D eigenvalue weighted by molar-refractivity contribution is 0.0895. The molecule has 1 saturated carbocycles. The van der Waals surface area contributed by atoms with Gasteiger partial charge in [0, 0.05) is 5.92 Å². The summed E-state index contributed by atoms with van der Waals surface area (Å²) in [4.78, 5) is 12.3. The first-order valence-corrected chi connectivity index (χ1v) is 6.04. The zero-order chi connectivity index (χ0) is 11.1. The molecule has 1 fully saturated rings. The summed E-state index contributed by atoms with van der Waals surface area (Å²) in [6, 6.07) is 6.00. The second-order valence-electron chi connectivity index (χ2n) is 4.79. The molecular weight excluding hydrogens is 200 g/mol. The summed E-state index contributed by atoms with van der Waals surface area (Å²) in [5.74, 6) is 1.78. The highest BCUT2D eigenvalue weighted by Crippen LogP contribution is 2.48. The van der Waals surface area contributed by atoms with E-state index in [2.05, 4.69) is 6.07 Å². The summed E-state index contributed by atoms with van der Waals surface area (Å²) in [6.45, 7) is 0. The van der Waals surface area contributed by atoms with E-state index in [1.165, 1.54) is 18.4 Å². The molecule has 0 heterocycles. The van der Waals surface area contributed by atoms with Crippen LogP contribution in [0.1, 0.15) is 47.5 Å². The molecule has 2 unspecified atom stereocenters. The fraction of sp³-hybridized carbons (Fsp3) is 0.500. The van der Waals surface area contributed by atoms with Crippen LogP contribution in [-0.4, -0.2) is 12.9 Å². The maximum absolute atomic E-state index is 12.3. The Morgan fingerprint density at radius 3 is 2.69 bits per heavy atom. The van der Waals surface area contributed by atoms with Gasteiger partial charge in [0.05, 0.1) is 12.7 Å². The van der Waals surface area contributed by atoms with Crippen molar-refractivity contribution in [2.75, 3.05) is 7.11 Å². The molecule has 0 N–H and O–H groups in total. The fourth-order valence-corrected chi connectivity index (χ4v) is 3.29. The second kappa shape index (κ2) is 3.62. The molecule has 0 aliphatic heterocycles. The third-order valence-corrected chi connectivity index (χ3v) is 4.03. The van der Waals surface area contributed by atoms with E-state index in [1.54, 1.807) is 7.11 Å². The lowest BCUT2D eigenvalue weighted by atomic mass is 9.79. The van der Waals surface area contributed by atoms with E-state index in [1.807, 2.05) is 12.1 Å². The highest BCUT2D eigenvalue weighted by Gasteiger charge is 2.42. The standard InChI is InChI=1S/C14H16O2/c1-16-12-8-4-7-10-9-5-2-3-6-11(9)14(15)13(10)12/h4,7-9,11H,2-3,5-6H2,1H3. The van der Waals surface area contributed by atoms with Gasteiger partial charge in [-0.25, -0.2) is 0 Å². The van der Waals surface area contributed by atoms with E-state index in [4.69, 9.17) is 4.74 Å². The van der Waals surface area contributed by atoms with E-state index in [0.29, 0.717) is 11.7 Å². The van der Waals surface area contributed by atoms with Gasteiger partial charge in [-0.2, -0.15) is 0 Å². The molecule has 0 saturated heterocycles. The highest BCUT2D eigenvalue weighted by atomic mass is 16.5. The monoisotopic (exact) mass is 216 g/mol. The van der Waals surface area contributed by atoms with Crippen LogP contribution < -0.4 is 4.74 Å². The molecule has 84 valence electrons. The lowest BCUT2D eigenvalue weighted by Crippen LogP contribution is -2.17. The Kier molecular flexibility index (Phi) is 2.23. The maximum atomic E-state index is 12.3. The topological polar surface area (TPSA) is 26.3 Å². The molecule has 16 heavy (non-hydrogen) atoms. The van der Waals surface area contributed by atoms with Crippen LogP contribution in [0.5, 0.6) is 5.75 Å². The Labute approximate surface area is 95.6 Å². The Morgan fingerprint density at radius 2 is 1.94 bits per heavy atom. The molecule has 2 aliphatic rings. The number of Topliss-reactive ketones (excluding diaryl/α,β-unsaturated/α-hetero) is 1. The molecule has 2 nitrogen and oxygen atoms in total. The number of methoxy groups -OCH3 is 1. The summed E-state index contributed by atoms with van der Waals surface area (Å²) in [5.41, 5.74) is 2.09. The van der Waals surface area contributed by atoms with E-state index >= 15 is 0 Å². The molecule has 2 atom stereocenters. The molecule has 3 rings (SSSR count). The number of hydrogen-bond acceptors (Lipinski definition) is 2. The number of carbonyl (C=O) groups excluding carboxylic acids is 1. The quantitative estimate of drug-likeness (QED) is 0.720. The zero-order valence-corrected chi connectivity index (χ0v) is 9.53. The van der Waals surface area contributed by atoms with E-state index in [0.717, 1.165) is 24.2 Å². The Hall–Kier alpha value is -1.31. The largest absolute Gasteiger partial charge is 0.496 e. The molecule has 0 aromatic heterocycles. The Balaban J connectivity index is 2.13. The Bertz CT molecular complexity index is 436. The van der Waals surface area contributed by atoms with Crippen molar-refractivity contribution >= 4 is 5.78 Å². The molecule has 0 radical (unpaired) electrons. The minimum Gasteiger partial charge on any atom is -0.496 e. The van der Waals surface area contributed by atoms with Gasteiger partial charge in [0.25, 0.3) is 0 Å². The van der Waals surface area contributed by atoms with E-state index < -0.39 is 0 Å². The van der Waals surface area contributed by atoms with Gasteiger partial charge in [0.1, 0.15) is 5.75 Å². The molecular formula is C14H16O2. The second-order valence-corrected chi connectivity index (χ2v) is 4.79. The molecule has 2 aliphatic carbocycles. The van der Waals surface area contributed by atoms with Crippen LogP contribution in [0.4, 0.5) is 0 Å². The van der Waals surface area contributed by atoms with Crippen LogP contribution in [0.15, 0.2) is 18.2 Å². The van der Waals surface area contributed by atoms with Gasteiger partial charge in [-0.05, 0) is 30.4 Å². The van der Waals surface area contributed by atoms with Gasteiger partial charge in [0.15, 0.2) is 5.78 Å². The summed E-state index contributed by atoms with van der Waals surface area (Å²) in [7, 11) is 1.64. The summed E-state index contributed by atoms with van der Waals surface area (Å²) in [5, 5.41) is 0. The SMILES string of the molecule is COc1cccc2c1C(=O)C1CCCCC21. The molecule has 1 aromatic carbocycles. The number of carbonyl (C=O) groups is 1. The van der Waals surface area contributed by atoms with Crippen molar-refractivity contribution in [3.63, 3.8) is 0 Å². The third kappa shape index (κ3) is 1.22. The zero-order valence-electron chi connectivity index (χ0n) is 9.53. The van der Waals surface area contributed by atoms with Crippen LogP contribution in [0, 0.1) is 5.92 Å². The van der Waals surface area contributed by atoms with Crippen molar-refractivity contribution in [1.82, 2.24) is 0 Å². The van der Waals surface area contributed by atoms with Crippen molar-refractivity contribution in [3.05, 3.63) is 29.3 Å². The van der Waals surface area contributed by atoms with Crippen LogP contribution in [0.25, 0.3) is 0 Å². The van der Waals surface area contributed by atoms with Gasteiger partial charge >= 0.3 is 0 Å². The fourth-order valence-electron chi connectivity index (χ4n) is 3.29. The average molecular weight is 216 g/mol. The number of rotatable bonds is 1. The number of benzene rings is 1. The van der Waals surface area contributed by atoms with Crippen LogP contribution in [0.3, 0.4) is 0 Å². The van der Waals surface area contributed by atoms with Crippen molar-refractivity contribution < 1.29 is 9.53 Å². The smallest absolute Gasteiger partial charge is 0.170 e. The summed E-state index contributed by atoms with van der Waals surface area (Å²) in [6.07, 6.45) is 4.67. The van der Waals surface area contributed by atoms with Gasteiger partial charge in [-0.15, -0.1) is 0 Å². The maximum Gasteiger partial charge on any atom is 0.170 e. The van der Waals surface area contributed by atoms with Gasteiger partial charge in [-0.1, -0.05) is 25.0 Å². The molecule has 1 aromatic rings. The summed E-state index contributed by atoms with van der Waals surface area (Å²) < 4.78 is 5.31. The van der Waals surface area contributed by atoms with Gasteiger partial charge in [0.2, 0.25) is 0 Å². The normalized spacial score (nSPS) is 27.4. The highest BCUT2D eigenvalue weighted by molar-refractivity contribution is 6.05. The number of ketones is 1. The van der Waals surface area contributed by atoms with Crippen LogP contribution in [-0.2, 0) is 0 Å². The Morgan fingerprint density at radius 1 is 1.19 bits per heavy atom. The predicted octanol–water partition coefficient (Wildman–Crippen LogP) is 3.17. The van der Waals surface area contributed by atoms with Crippen molar-refractivity contribution in [2.24, 2.45) is 5.92 Å². The minimum atomic E-state index is 0.236. The van der Waals surface area contributed by atoms with Crippen molar-refractivity contribution in [3.8, 4) is 5.75 Å². The van der Waals surface area contributed by atoms with Gasteiger partial charge in [-0.3, -0.25) is 4.79 Å². The number of fused-ring (bicyclic) bond motifs is 3. The molecule has 2 heteroatoms. The third-order valence-electron chi connectivity index (χ3n) is 4.03. The van der Waals surface area contributed by atoms with E-state index in [9.17, 15) is 4.79 Å². The van der Waals surface area contributed by atoms with E-state index in [-0.39, 0.29) is 5.92 Å². The average Bonchev–Trinajstić information content (AvgIpc) is 2.64. The first kappa shape index (κ1) is 9.88. The number of ether oxygens (including phenoxy) is 1. The lowest BCUT2D eigenvalue weighted by Gasteiger charge is -2.24. The van der Waals surface area contributed by atoms with Crippen LogP contribution in [0.2, 0.25) is 0 Å². The first-order chi connectivity index (χ1) is 7.83. The predicted molar refractivity (Wildman–Crippen MR) is 62.0 cm³/mol. The summed E-state index contributed by atoms with van der Waals surface area (Å²) >= 11 is 0. The van der Waals surface area contributed by atoms with Crippen molar-refractivity contribution in [1.29, 1.82) is 0 Å². The van der Waals surface area contributed by atoms with Crippen molar-refractivity contribution in [2.45, 2.75) is 31.6 Å². The number of hydrogen-bond donors (Lipinski definition) is 0. The van der Waals surface area contributed by atoms with Crippen LogP contribution >= 0.6 is 0 Å². The van der Waals surface area contributed by atoms with Gasteiger partial charge < -0.3 is 4.74 Å². The minimum absolute atomic E-state index is 0.236. The molecule has 0 bridgehead atoms.